The molecule has 2 N–H and O–H groups in total. The van der Waals surface area contributed by atoms with Crippen LogP contribution in [0, 0.1) is 5.92 Å². The average Bonchev–Trinajstić information content (AvgIpc) is 2.82. The van der Waals surface area contributed by atoms with Crippen molar-refractivity contribution in [2.75, 3.05) is 20.2 Å². The van der Waals surface area contributed by atoms with E-state index in [1.54, 1.807) is 45.0 Å². The highest BCUT2D eigenvalue weighted by atomic mass is 16.6. The molecule has 0 saturated carbocycles. The van der Waals surface area contributed by atoms with Crippen LogP contribution in [-0.4, -0.2) is 60.6 Å². The quantitative estimate of drug-likeness (QED) is 0.279. The summed E-state index contributed by atoms with van der Waals surface area (Å²) in [5.41, 5.74) is -0.121. The molecule has 0 bridgehead atoms. The molecule has 0 spiro atoms. The van der Waals surface area contributed by atoms with E-state index >= 15 is 0 Å². The first-order valence-corrected chi connectivity index (χ1v) is 13.1. The van der Waals surface area contributed by atoms with Crippen LogP contribution in [0.25, 0.3) is 0 Å². The van der Waals surface area contributed by atoms with Gasteiger partial charge >= 0.3 is 12.1 Å². The molecule has 0 aromatic heterocycles. The van der Waals surface area contributed by atoms with Gasteiger partial charge in [-0.05, 0) is 45.1 Å². The molecular formula is C28H45N3O6. The van der Waals surface area contributed by atoms with Crippen LogP contribution in [-0.2, 0) is 23.9 Å². The molecule has 3 amide bonds. The Morgan fingerprint density at radius 1 is 1.00 bits per heavy atom. The van der Waals surface area contributed by atoms with E-state index in [-0.39, 0.29) is 18.4 Å². The molecule has 2 atom stereocenters. The molecule has 0 aliphatic carbocycles. The minimum Gasteiger partial charge on any atom is -0.468 e. The number of methoxy groups -OCH3 is 1. The molecule has 0 heterocycles. The third-order valence-corrected chi connectivity index (χ3v) is 5.54. The zero-order valence-corrected chi connectivity index (χ0v) is 23.5. The lowest BCUT2D eigenvalue weighted by atomic mass is 9.98. The molecule has 1 aromatic carbocycles. The van der Waals surface area contributed by atoms with Gasteiger partial charge in [0.05, 0.1) is 7.11 Å². The molecule has 1 rings (SSSR count). The van der Waals surface area contributed by atoms with E-state index < -0.39 is 35.7 Å². The minimum atomic E-state index is -0.991. The van der Waals surface area contributed by atoms with Crippen LogP contribution in [0.1, 0.15) is 85.3 Å². The van der Waals surface area contributed by atoms with E-state index in [9.17, 15) is 19.2 Å². The topological polar surface area (TPSA) is 114 Å². The third-order valence-electron chi connectivity index (χ3n) is 5.54. The second-order valence-electron chi connectivity index (χ2n) is 10.5. The van der Waals surface area contributed by atoms with Crippen LogP contribution in [0.4, 0.5) is 4.79 Å². The predicted molar refractivity (Wildman–Crippen MR) is 143 cm³/mol. The lowest BCUT2D eigenvalue weighted by molar-refractivity contribution is -0.145. The SMILES string of the molecule is CCCCCCN(C(=O)C(CC(C)C)NC(=O)OC(C)(C)C)C(C(=O)NCC(=O)OC)c1ccccc1. The van der Waals surface area contributed by atoms with Crippen molar-refractivity contribution in [3.8, 4) is 0 Å². The fourth-order valence-corrected chi connectivity index (χ4v) is 3.85. The van der Waals surface area contributed by atoms with Gasteiger partial charge in [0, 0.05) is 6.54 Å². The van der Waals surface area contributed by atoms with E-state index in [1.165, 1.54) is 12.0 Å². The van der Waals surface area contributed by atoms with E-state index in [4.69, 9.17) is 4.74 Å². The van der Waals surface area contributed by atoms with Crippen molar-refractivity contribution in [3.05, 3.63) is 35.9 Å². The Labute approximate surface area is 221 Å². The molecule has 0 saturated heterocycles. The molecule has 0 radical (unpaired) electrons. The van der Waals surface area contributed by atoms with Crippen molar-refractivity contribution >= 4 is 23.9 Å². The van der Waals surface area contributed by atoms with E-state index in [1.807, 2.05) is 19.9 Å². The lowest BCUT2D eigenvalue weighted by Gasteiger charge is -2.35. The highest BCUT2D eigenvalue weighted by molar-refractivity contribution is 5.93. The van der Waals surface area contributed by atoms with Crippen LogP contribution < -0.4 is 10.6 Å². The van der Waals surface area contributed by atoms with Gasteiger partial charge in [0.25, 0.3) is 0 Å². The molecule has 0 aliphatic heterocycles. The minimum absolute atomic E-state index is 0.0918. The van der Waals surface area contributed by atoms with Gasteiger partial charge in [-0.2, -0.15) is 0 Å². The summed E-state index contributed by atoms with van der Waals surface area (Å²) in [5.74, 6) is -1.38. The van der Waals surface area contributed by atoms with Gasteiger partial charge < -0.3 is 25.0 Å². The maximum absolute atomic E-state index is 14.0. The maximum Gasteiger partial charge on any atom is 0.408 e. The Bertz CT molecular complexity index is 866. The van der Waals surface area contributed by atoms with Gasteiger partial charge in [0.1, 0.15) is 24.2 Å². The number of benzene rings is 1. The number of carbonyl (C=O) groups is 4. The summed E-state index contributed by atoms with van der Waals surface area (Å²) in [6.07, 6.45) is 3.27. The summed E-state index contributed by atoms with van der Waals surface area (Å²) in [7, 11) is 1.24. The first-order chi connectivity index (χ1) is 17.4. The monoisotopic (exact) mass is 519 g/mol. The predicted octanol–water partition coefficient (Wildman–Crippen LogP) is 4.37. The standard InChI is InChI=1S/C28H45N3O6/c1-8-9-10-14-17-31(26(34)22(18-20(2)3)30-27(35)37-28(4,5)6)24(21-15-12-11-13-16-21)25(33)29-19-23(32)36-7/h11-13,15-16,20,22,24H,8-10,14,17-19H2,1-7H3,(H,29,33)(H,30,35). The van der Waals surface area contributed by atoms with E-state index in [0.717, 1.165) is 19.3 Å². The van der Waals surface area contributed by atoms with Crippen molar-refractivity contribution in [3.63, 3.8) is 0 Å². The van der Waals surface area contributed by atoms with Crippen molar-refractivity contribution in [1.29, 1.82) is 0 Å². The zero-order valence-electron chi connectivity index (χ0n) is 23.5. The first kappa shape index (κ1) is 31.9. The Kier molecular flexibility index (Phi) is 13.7. The molecule has 2 unspecified atom stereocenters. The van der Waals surface area contributed by atoms with Gasteiger partial charge in [-0.25, -0.2) is 4.79 Å². The van der Waals surface area contributed by atoms with Crippen LogP contribution in [0.15, 0.2) is 30.3 Å². The Morgan fingerprint density at radius 3 is 2.19 bits per heavy atom. The Balaban J connectivity index is 3.40. The number of amides is 3. The number of ether oxygens (including phenoxy) is 2. The normalized spacial score (nSPS) is 12.9. The van der Waals surface area contributed by atoms with Crippen LogP contribution in [0.2, 0.25) is 0 Å². The van der Waals surface area contributed by atoms with Gasteiger partial charge in [0.2, 0.25) is 11.8 Å². The Morgan fingerprint density at radius 2 is 1.65 bits per heavy atom. The van der Waals surface area contributed by atoms with Crippen molar-refractivity contribution in [2.24, 2.45) is 5.92 Å². The number of rotatable bonds is 14. The van der Waals surface area contributed by atoms with Crippen molar-refractivity contribution < 1.29 is 28.7 Å². The van der Waals surface area contributed by atoms with Crippen LogP contribution >= 0.6 is 0 Å². The van der Waals surface area contributed by atoms with Gasteiger partial charge in [-0.15, -0.1) is 0 Å². The first-order valence-electron chi connectivity index (χ1n) is 13.1. The second-order valence-corrected chi connectivity index (χ2v) is 10.5. The number of alkyl carbamates (subject to hydrolysis) is 1. The summed E-state index contributed by atoms with van der Waals surface area (Å²) < 4.78 is 10.1. The van der Waals surface area contributed by atoms with Crippen molar-refractivity contribution in [2.45, 2.75) is 91.3 Å². The summed E-state index contributed by atoms with van der Waals surface area (Å²) in [6, 6.07) is 7.07. The number of unbranched alkanes of at least 4 members (excludes halogenated alkanes) is 3. The van der Waals surface area contributed by atoms with Gasteiger partial charge in [-0.3, -0.25) is 14.4 Å². The van der Waals surface area contributed by atoms with Crippen molar-refractivity contribution in [1.82, 2.24) is 15.5 Å². The third kappa shape index (κ3) is 12.1. The summed E-state index contributed by atoms with van der Waals surface area (Å²) in [4.78, 5) is 53.3. The number of nitrogens with one attached hydrogen (secondary N) is 2. The molecule has 9 heteroatoms. The highest BCUT2D eigenvalue weighted by Crippen LogP contribution is 2.25. The molecule has 37 heavy (non-hydrogen) atoms. The molecule has 1 aromatic rings. The number of nitrogens with zero attached hydrogens (tertiary/aromatic N) is 1. The number of esters is 1. The summed E-state index contributed by atoms with van der Waals surface area (Å²) >= 11 is 0. The largest absolute Gasteiger partial charge is 0.468 e. The molecule has 0 aliphatic rings. The van der Waals surface area contributed by atoms with Gasteiger partial charge in [0.15, 0.2) is 0 Å². The van der Waals surface area contributed by atoms with Gasteiger partial charge in [-0.1, -0.05) is 70.4 Å². The highest BCUT2D eigenvalue weighted by Gasteiger charge is 2.36. The van der Waals surface area contributed by atoms with E-state index in [0.29, 0.717) is 24.9 Å². The molecule has 208 valence electrons. The lowest BCUT2D eigenvalue weighted by Crippen LogP contribution is -2.54. The summed E-state index contributed by atoms with van der Waals surface area (Å²) in [6.45, 7) is 11.3. The average molecular weight is 520 g/mol. The Hall–Kier alpha value is -3.10. The smallest absolute Gasteiger partial charge is 0.408 e. The second kappa shape index (κ2) is 15.9. The zero-order chi connectivity index (χ0) is 28.0. The number of carbonyl (C=O) groups excluding carboxylic acids is 4. The fraction of sp³-hybridized carbons (Fsp3) is 0.643. The number of hydrogen-bond acceptors (Lipinski definition) is 6. The van der Waals surface area contributed by atoms with Crippen LogP contribution in [0.3, 0.4) is 0 Å². The summed E-state index contributed by atoms with van der Waals surface area (Å²) in [5, 5.41) is 5.33. The molecule has 0 fully saturated rings. The molecular weight excluding hydrogens is 474 g/mol. The number of hydrogen-bond donors (Lipinski definition) is 2. The molecule has 9 nitrogen and oxygen atoms in total. The van der Waals surface area contributed by atoms with E-state index in [2.05, 4.69) is 22.3 Å². The van der Waals surface area contributed by atoms with Crippen LogP contribution in [0.5, 0.6) is 0 Å². The maximum atomic E-state index is 14.0. The fourth-order valence-electron chi connectivity index (χ4n) is 3.85.